The van der Waals surface area contributed by atoms with E-state index in [2.05, 4.69) is 15.5 Å². The first-order valence-electron chi connectivity index (χ1n) is 8.87. The Labute approximate surface area is 160 Å². The monoisotopic (exact) mass is 393 g/mol. The van der Waals surface area contributed by atoms with E-state index < -0.39 is 9.84 Å². The van der Waals surface area contributed by atoms with Gasteiger partial charge < -0.3 is 10.1 Å². The summed E-state index contributed by atoms with van der Waals surface area (Å²) in [7, 11) is 0.384. The Hall–Kier alpha value is -2.13. The minimum absolute atomic E-state index is 0.145. The van der Waals surface area contributed by atoms with Crippen molar-refractivity contribution in [3.63, 3.8) is 0 Å². The predicted molar refractivity (Wildman–Crippen MR) is 104 cm³/mol. The highest BCUT2D eigenvalue weighted by Crippen LogP contribution is 2.29. The average Bonchev–Trinajstić information content (AvgIpc) is 2.93. The summed E-state index contributed by atoms with van der Waals surface area (Å²) in [5.41, 5.74) is 4.67. The second-order valence-electron chi connectivity index (χ2n) is 7.18. The van der Waals surface area contributed by atoms with Gasteiger partial charge in [0.2, 0.25) is 5.88 Å². The molecule has 0 amide bonds. The summed E-state index contributed by atoms with van der Waals surface area (Å²) in [6, 6.07) is -0.145. The molecule has 8 nitrogen and oxygen atoms in total. The van der Waals surface area contributed by atoms with Gasteiger partial charge in [0.15, 0.2) is 9.84 Å². The minimum atomic E-state index is -3.33. The van der Waals surface area contributed by atoms with E-state index in [1.807, 2.05) is 32.5 Å². The molecule has 0 saturated heterocycles. The lowest BCUT2D eigenvalue weighted by molar-refractivity contribution is 0.242. The van der Waals surface area contributed by atoms with Crippen LogP contribution in [0.3, 0.4) is 0 Å². The molecule has 3 heterocycles. The minimum Gasteiger partial charge on any atom is -0.476 e. The van der Waals surface area contributed by atoms with Crippen LogP contribution in [0, 0.1) is 20.8 Å². The van der Waals surface area contributed by atoms with Crippen molar-refractivity contribution >= 4 is 15.9 Å². The van der Waals surface area contributed by atoms with Gasteiger partial charge >= 0.3 is 0 Å². The molecule has 1 atom stereocenters. The van der Waals surface area contributed by atoms with Gasteiger partial charge in [-0.2, -0.15) is 10.2 Å². The van der Waals surface area contributed by atoms with E-state index >= 15 is 0 Å². The van der Waals surface area contributed by atoms with Crippen molar-refractivity contribution in [1.29, 1.82) is 0 Å². The summed E-state index contributed by atoms with van der Waals surface area (Å²) in [6.45, 7) is 6.82. The topological polar surface area (TPSA) is 91.0 Å². The molecule has 0 spiro atoms. The zero-order valence-corrected chi connectivity index (χ0v) is 17.5. The number of aromatic nitrogens is 4. The fraction of sp³-hybridized carbons (Fsp3) is 0.556. The third kappa shape index (κ3) is 3.93. The van der Waals surface area contributed by atoms with E-state index in [4.69, 9.17) is 4.74 Å². The zero-order valence-electron chi connectivity index (χ0n) is 16.7. The van der Waals surface area contributed by atoms with Crippen LogP contribution in [-0.4, -0.2) is 46.9 Å². The van der Waals surface area contributed by atoms with Crippen LogP contribution >= 0.6 is 0 Å². The van der Waals surface area contributed by atoms with E-state index in [0.29, 0.717) is 30.4 Å². The normalized spacial score (nSPS) is 19.6. The zero-order chi connectivity index (χ0) is 19.9. The van der Waals surface area contributed by atoms with E-state index in [1.54, 1.807) is 17.8 Å². The third-order valence-corrected chi connectivity index (χ3v) is 6.33. The third-order valence-electron chi connectivity index (χ3n) is 5.09. The molecule has 2 aromatic rings. The van der Waals surface area contributed by atoms with E-state index in [0.717, 1.165) is 28.2 Å². The molecule has 0 aromatic carbocycles. The van der Waals surface area contributed by atoms with Gasteiger partial charge in [-0.15, -0.1) is 0 Å². The Kier molecular flexibility index (Phi) is 5.18. The molecule has 1 unspecified atom stereocenters. The summed E-state index contributed by atoms with van der Waals surface area (Å²) in [5, 5.41) is 12.2. The number of nitrogens with zero attached hydrogens (tertiary/aromatic N) is 4. The maximum absolute atomic E-state index is 12.3. The van der Waals surface area contributed by atoms with Crippen LogP contribution in [0.1, 0.15) is 34.6 Å². The lowest BCUT2D eigenvalue weighted by Crippen LogP contribution is -2.36. The predicted octanol–water partition coefficient (Wildman–Crippen LogP) is 1.41. The molecular formula is C18H27N5O3S. The maximum Gasteiger partial charge on any atom is 0.219 e. The van der Waals surface area contributed by atoms with Gasteiger partial charge in [0.25, 0.3) is 0 Å². The quantitative estimate of drug-likeness (QED) is 0.844. The molecule has 9 heteroatoms. The number of ether oxygens (including phenoxy) is 1. The second kappa shape index (κ2) is 7.12. The van der Waals surface area contributed by atoms with Crippen LogP contribution in [-0.2, 0) is 30.5 Å². The summed E-state index contributed by atoms with van der Waals surface area (Å²) in [4.78, 5) is 0.389. The van der Waals surface area contributed by atoms with E-state index in [1.165, 1.54) is 6.26 Å². The lowest BCUT2D eigenvalue weighted by Gasteiger charge is -2.23. The average molecular weight is 394 g/mol. The van der Waals surface area contributed by atoms with Gasteiger partial charge in [-0.25, -0.2) is 13.1 Å². The Morgan fingerprint density at radius 2 is 1.85 bits per heavy atom. The molecule has 148 valence electrons. The van der Waals surface area contributed by atoms with Gasteiger partial charge in [-0.3, -0.25) is 4.68 Å². The van der Waals surface area contributed by atoms with Crippen molar-refractivity contribution in [2.24, 2.45) is 14.1 Å². The molecule has 2 aromatic heterocycles. The van der Waals surface area contributed by atoms with Crippen LogP contribution in [0.5, 0.6) is 5.88 Å². The van der Waals surface area contributed by atoms with Gasteiger partial charge in [-0.1, -0.05) is 0 Å². The Morgan fingerprint density at radius 3 is 2.44 bits per heavy atom. The highest BCUT2D eigenvalue weighted by atomic mass is 32.2. The number of nitrogens with one attached hydrogen (secondary N) is 1. The fourth-order valence-corrected chi connectivity index (χ4v) is 4.24. The number of aryl methyl sites for hydroxylation is 4. The van der Waals surface area contributed by atoms with Gasteiger partial charge in [0.1, 0.15) is 6.61 Å². The van der Waals surface area contributed by atoms with E-state index in [-0.39, 0.29) is 6.04 Å². The highest BCUT2D eigenvalue weighted by Gasteiger charge is 2.25. The number of rotatable bonds is 4. The van der Waals surface area contributed by atoms with E-state index in [9.17, 15) is 8.42 Å². The van der Waals surface area contributed by atoms with Crippen molar-refractivity contribution in [1.82, 2.24) is 24.9 Å². The van der Waals surface area contributed by atoms with Crippen LogP contribution in [0.15, 0.2) is 4.91 Å². The van der Waals surface area contributed by atoms with Crippen molar-refractivity contribution in [2.45, 2.75) is 39.8 Å². The molecule has 0 saturated carbocycles. The van der Waals surface area contributed by atoms with Crippen molar-refractivity contribution < 1.29 is 13.2 Å². The SMILES string of the molecule is Cc1nn(C)c2c1/C=C(/S(C)(=O)=O)CC(NCc1c(C)nn(C)c1C)CO2. The molecule has 0 aliphatic carbocycles. The van der Waals surface area contributed by atoms with Crippen molar-refractivity contribution in [2.75, 3.05) is 12.9 Å². The second-order valence-corrected chi connectivity index (χ2v) is 9.25. The Morgan fingerprint density at radius 1 is 1.19 bits per heavy atom. The van der Waals surface area contributed by atoms with Gasteiger partial charge in [0, 0.05) is 55.5 Å². The highest BCUT2D eigenvalue weighted by molar-refractivity contribution is 7.94. The summed E-state index contributed by atoms with van der Waals surface area (Å²) in [6.07, 6.45) is 3.31. The Balaban J connectivity index is 1.88. The smallest absolute Gasteiger partial charge is 0.219 e. The molecular weight excluding hydrogens is 366 g/mol. The molecule has 3 rings (SSSR count). The number of sulfone groups is 1. The first-order valence-corrected chi connectivity index (χ1v) is 10.8. The van der Waals surface area contributed by atoms with Crippen LogP contribution in [0.4, 0.5) is 0 Å². The van der Waals surface area contributed by atoms with Crippen LogP contribution in [0.2, 0.25) is 0 Å². The van der Waals surface area contributed by atoms with Gasteiger partial charge in [-0.05, 0) is 26.8 Å². The molecule has 0 radical (unpaired) electrons. The molecule has 1 N–H and O–H groups in total. The van der Waals surface area contributed by atoms with Crippen molar-refractivity contribution in [3.8, 4) is 5.88 Å². The summed E-state index contributed by atoms with van der Waals surface area (Å²) < 4.78 is 34.2. The number of hydrogen-bond donors (Lipinski definition) is 1. The number of fused-ring (bicyclic) bond motifs is 1. The molecule has 27 heavy (non-hydrogen) atoms. The van der Waals surface area contributed by atoms with Crippen LogP contribution < -0.4 is 10.1 Å². The number of hydrogen-bond acceptors (Lipinski definition) is 6. The Bertz CT molecular complexity index is 1000. The molecule has 0 bridgehead atoms. The molecule has 1 aliphatic heterocycles. The first-order chi connectivity index (χ1) is 12.6. The van der Waals surface area contributed by atoms with Gasteiger partial charge in [0.05, 0.1) is 17.0 Å². The first kappa shape index (κ1) is 19.6. The standard InChI is InChI=1S/C18H27N5O3S/c1-11-16-8-15(27(6,24)25)7-14(10-26-18(16)23(5)21-11)19-9-17-12(2)20-22(4)13(17)3/h8,14,19H,7,9-10H2,1-6H3/b15-8+. The largest absolute Gasteiger partial charge is 0.476 e. The van der Waals surface area contributed by atoms with Crippen molar-refractivity contribution in [3.05, 3.63) is 33.1 Å². The lowest BCUT2D eigenvalue weighted by atomic mass is 10.1. The maximum atomic E-state index is 12.3. The fourth-order valence-electron chi connectivity index (χ4n) is 3.40. The molecule has 0 fully saturated rings. The summed E-state index contributed by atoms with van der Waals surface area (Å²) >= 11 is 0. The summed E-state index contributed by atoms with van der Waals surface area (Å²) in [5.74, 6) is 0.592. The van der Waals surface area contributed by atoms with Crippen LogP contribution in [0.25, 0.3) is 6.08 Å². The molecule has 1 aliphatic rings.